The molecule has 0 radical (unpaired) electrons. The smallest absolute Gasteiger partial charge is 0.399 e. The van der Waals surface area contributed by atoms with Gasteiger partial charge in [0.1, 0.15) is 0 Å². The van der Waals surface area contributed by atoms with Crippen molar-refractivity contribution in [3.05, 3.63) is 369 Å². The molecule has 1 aliphatic rings. The zero-order valence-electron chi connectivity index (χ0n) is 64.8. The van der Waals surface area contributed by atoms with Crippen LogP contribution in [0, 0.1) is 0 Å². The molecule has 0 atom stereocenters. The van der Waals surface area contributed by atoms with Gasteiger partial charge in [-0.05, 0) is 81.2 Å². The number of benzene rings is 14. The summed E-state index contributed by atoms with van der Waals surface area (Å²) in [6.07, 6.45) is 0. The normalized spacial score (nSPS) is 12.6. The Morgan fingerprint density at radius 3 is 0.783 bits per heavy atom. The number of hydrogen-bond donors (Lipinski definition) is 0. The summed E-state index contributed by atoms with van der Waals surface area (Å²) in [4.78, 5) is 59.4. The average molecular weight is 1580 g/mol. The molecule has 1 aliphatic heterocycles. The van der Waals surface area contributed by atoms with Gasteiger partial charge in [-0.1, -0.05) is 342 Å². The first-order valence-electron chi connectivity index (χ1n) is 39.1. The van der Waals surface area contributed by atoms with E-state index in [1.54, 1.807) is 0 Å². The van der Waals surface area contributed by atoms with Crippen LogP contribution < -0.4 is 5.46 Å². The average Bonchev–Trinajstić information content (AvgIpc) is 0.926. The van der Waals surface area contributed by atoms with E-state index in [9.17, 15) is 0 Å². The van der Waals surface area contributed by atoms with Crippen molar-refractivity contribution >= 4 is 89.6 Å². The highest BCUT2D eigenvalue weighted by atomic mass is 35.5. The molecule has 21 rings (SSSR count). The Morgan fingerprint density at radius 1 is 0.217 bits per heavy atom. The molecular weight excluding hydrogens is 1500 g/mol. The van der Waals surface area contributed by atoms with Crippen molar-refractivity contribution < 1.29 is 9.31 Å². The maximum Gasteiger partial charge on any atom is 0.494 e. The molecule has 120 heavy (non-hydrogen) atoms. The Kier molecular flexibility index (Phi) is 21.8. The molecule has 0 spiro atoms. The topological polar surface area (TPSA) is 173 Å². The summed E-state index contributed by atoms with van der Waals surface area (Å²) in [5.41, 5.74) is 21.3. The Bertz CT molecular complexity index is 6970. The quantitative estimate of drug-likeness (QED) is 0.0835. The van der Waals surface area contributed by atoms with Crippen LogP contribution in [0.2, 0.25) is 5.28 Å². The van der Waals surface area contributed by atoms with E-state index in [4.69, 9.17) is 65.8 Å². The minimum Gasteiger partial charge on any atom is -0.399 e. The summed E-state index contributed by atoms with van der Waals surface area (Å²) >= 11 is 5.99. The lowest BCUT2D eigenvalue weighted by atomic mass is 9.78. The largest absolute Gasteiger partial charge is 0.494 e. The maximum atomic E-state index is 6.31. The monoisotopic (exact) mass is 1570 g/mol. The molecule has 0 amide bonds. The number of aromatic nitrogens is 12. The van der Waals surface area contributed by atoms with E-state index in [2.05, 4.69) is 200 Å². The van der Waals surface area contributed by atoms with Crippen molar-refractivity contribution in [2.24, 2.45) is 0 Å². The van der Waals surface area contributed by atoms with Crippen LogP contribution in [0.25, 0.3) is 190 Å². The molecule has 0 bridgehead atoms. The van der Waals surface area contributed by atoms with Gasteiger partial charge >= 0.3 is 7.12 Å². The minimum atomic E-state index is -0.417. The van der Waals surface area contributed by atoms with Crippen LogP contribution in [0.3, 0.4) is 0 Å². The lowest BCUT2D eigenvalue weighted by molar-refractivity contribution is 0.00578. The molecular formula is C104H80BClN12O2. The standard InChI is InChI=1S/C48H30N6.C39H32BN3O2.C15H10ClN3.2CH4/c1-5-15-31(16-6-1)43-44(32-17-7-2-8-18-32)51-45-40(50-43)30-29-38-41(45)37-23-13-14-24-39(37)49-42(38)33-25-27-36(28-26-33)48-53-46(34-19-9-3-10-20-34)52-47(54-48)35-21-11-4-12-22-35;1-38(2)39(3,4)45-40(44-38)28-21-19-27(20-22-28)34-30-23-24-32-37(33(30)29-17-11-12-18-31(29)41-34)43-36(26-15-9-6-10-16-26)35(42-32)25-13-7-5-8-14-25;16-15-18-13(11-7-3-1-4-8-11)17-14(19-15)12-9-5-2-6-10-12;;/h1-30H;5-24H,1-4H3;1-10H;2*1H4. The SMILES string of the molecule is C.C.CC1(C)OB(c2ccc(-c3nc4ccccc4c4c3ccc3nc(-c5ccccc5)c(-c5ccccc5)nc34)cc2)OC1(C)C.Clc1nc(-c2ccccc2)nc(-c2ccccc2)n1.c1ccc(-c2nc(-c3ccccc3)nc(-c3ccc(-c4nc5ccccc5c5c4ccc4nc(-c6ccccc6)c(-c6ccccc6)nc45)cc3)n2)cc1. The third-order valence-electron chi connectivity index (χ3n) is 21.7. The predicted molar refractivity (Wildman–Crippen MR) is 492 cm³/mol. The van der Waals surface area contributed by atoms with Gasteiger partial charge in [0.25, 0.3) is 0 Å². The molecule has 6 aromatic heterocycles. The second-order valence-corrected chi connectivity index (χ2v) is 30.1. The van der Waals surface area contributed by atoms with E-state index < -0.39 is 18.3 Å². The van der Waals surface area contributed by atoms with Crippen molar-refractivity contribution in [2.45, 2.75) is 53.8 Å². The maximum absolute atomic E-state index is 6.31. The Hall–Kier alpha value is -14.6. The van der Waals surface area contributed by atoms with Gasteiger partial charge in [-0.15, -0.1) is 0 Å². The fourth-order valence-electron chi connectivity index (χ4n) is 15.0. The van der Waals surface area contributed by atoms with E-state index in [1.165, 1.54) is 0 Å². The number of rotatable bonds is 12. The Balaban J connectivity index is 0.000000140. The van der Waals surface area contributed by atoms with Gasteiger partial charge < -0.3 is 9.31 Å². The molecule has 16 heteroatoms. The summed E-state index contributed by atoms with van der Waals surface area (Å²) in [5, 5.41) is 6.40. The fourth-order valence-corrected chi connectivity index (χ4v) is 15.2. The second-order valence-electron chi connectivity index (χ2n) is 29.8. The Labute approximate surface area is 701 Å². The predicted octanol–water partition coefficient (Wildman–Crippen LogP) is 25.3. The number of pyridine rings is 2. The number of nitrogens with zero attached hydrogens (tertiary/aromatic N) is 12. The van der Waals surface area contributed by atoms with Crippen LogP contribution in [0.15, 0.2) is 364 Å². The molecule has 578 valence electrons. The summed E-state index contributed by atoms with van der Waals surface area (Å²) < 4.78 is 12.6. The van der Waals surface area contributed by atoms with Gasteiger partial charge in [-0.3, -0.25) is 0 Å². The van der Waals surface area contributed by atoms with Crippen molar-refractivity contribution in [1.29, 1.82) is 0 Å². The van der Waals surface area contributed by atoms with Gasteiger partial charge in [-0.25, -0.2) is 49.8 Å². The Morgan fingerprint density at radius 2 is 0.458 bits per heavy atom. The lowest BCUT2D eigenvalue weighted by Gasteiger charge is -2.32. The highest BCUT2D eigenvalue weighted by Gasteiger charge is 2.51. The van der Waals surface area contributed by atoms with Crippen LogP contribution >= 0.6 is 11.6 Å². The molecule has 1 fully saturated rings. The fraction of sp³-hybridized carbons (Fsp3) is 0.0769. The van der Waals surface area contributed by atoms with Gasteiger partial charge in [0, 0.05) is 93.5 Å². The van der Waals surface area contributed by atoms with Gasteiger partial charge in [-0.2, -0.15) is 9.97 Å². The highest BCUT2D eigenvalue weighted by molar-refractivity contribution is 6.62. The van der Waals surface area contributed by atoms with E-state index in [-0.39, 0.29) is 20.1 Å². The van der Waals surface area contributed by atoms with Crippen molar-refractivity contribution in [3.8, 4) is 124 Å². The van der Waals surface area contributed by atoms with Crippen LogP contribution in [-0.2, 0) is 9.31 Å². The first kappa shape index (κ1) is 77.9. The van der Waals surface area contributed by atoms with Gasteiger partial charge in [0.05, 0.1) is 78.5 Å². The number of fused-ring (bicyclic) bond motifs is 10. The first-order valence-corrected chi connectivity index (χ1v) is 39.5. The molecule has 0 unspecified atom stereocenters. The number of hydrogen-bond acceptors (Lipinski definition) is 14. The zero-order valence-corrected chi connectivity index (χ0v) is 65.5. The summed E-state index contributed by atoms with van der Waals surface area (Å²) in [7, 11) is -0.417. The van der Waals surface area contributed by atoms with Crippen LogP contribution in [0.4, 0.5) is 0 Å². The number of halogens is 1. The van der Waals surface area contributed by atoms with Gasteiger partial charge in [0.2, 0.25) is 5.28 Å². The van der Waals surface area contributed by atoms with Crippen molar-refractivity contribution in [2.75, 3.05) is 0 Å². The van der Waals surface area contributed by atoms with Crippen LogP contribution in [0.5, 0.6) is 0 Å². The molecule has 0 aliphatic carbocycles. The summed E-state index contributed by atoms with van der Waals surface area (Å²) in [6, 6.07) is 122. The molecule has 20 aromatic rings. The summed E-state index contributed by atoms with van der Waals surface area (Å²) in [6.45, 7) is 8.30. The highest BCUT2D eigenvalue weighted by Crippen LogP contribution is 2.43. The van der Waals surface area contributed by atoms with E-state index in [0.29, 0.717) is 29.1 Å². The second kappa shape index (κ2) is 33.5. The third kappa shape index (κ3) is 15.5. The van der Waals surface area contributed by atoms with Crippen molar-refractivity contribution in [3.63, 3.8) is 0 Å². The zero-order chi connectivity index (χ0) is 79.7. The van der Waals surface area contributed by atoms with Crippen LogP contribution in [-0.4, -0.2) is 78.1 Å². The van der Waals surface area contributed by atoms with E-state index in [1.807, 2.05) is 206 Å². The van der Waals surface area contributed by atoms with Gasteiger partial charge in [0.15, 0.2) is 29.1 Å². The molecule has 14 aromatic carbocycles. The minimum absolute atomic E-state index is 0. The molecule has 0 saturated carbocycles. The first-order chi connectivity index (χ1) is 57.9. The van der Waals surface area contributed by atoms with E-state index in [0.717, 1.165) is 166 Å². The number of para-hydroxylation sites is 2. The molecule has 0 N–H and O–H groups in total. The van der Waals surface area contributed by atoms with E-state index >= 15 is 0 Å². The summed E-state index contributed by atoms with van der Waals surface area (Å²) in [5.74, 6) is 3.03. The third-order valence-corrected chi connectivity index (χ3v) is 21.9. The van der Waals surface area contributed by atoms with Crippen LogP contribution in [0.1, 0.15) is 42.5 Å². The van der Waals surface area contributed by atoms with Crippen molar-refractivity contribution in [1.82, 2.24) is 59.8 Å². The lowest BCUT2D eigenvalue weighted by Crippen LogP contribution is -2.41. The molecule has 1 saturated heterocycles. The molecule has 7 heterocycles. The molecule has 14 nitrogen and oxygen atoms in total.